The molecule has 0 spiro atoms. The van der Waals surface area contributed by atoms with Crippen LogP contribution in [0.4, 0.5) is 4.79 Å². The summed E-state index contributed by atoms with van der Waals surface area (Å²) in [6.45, 7) is 2.29. The molecule has 1 saturated carbocycles. The lowest BCUT2D eigenvalue weighted by atomic mass is 9.94. The number of imide groups is 1. The lowest BCUT2D eigenvalue weighted by molar-refractivity contribution is -0.124. The number of urea groups is 1. The van der Waals surface area contributed by atoms with Crippen LogP contribution >= 0.6 is 23.2 Å². The molecule has 1 aromatic rings. The van der Waals surface area contributed by atoms with Gasteiger partial charge in [-0.05, 0) is 43.5 Å². The number of carbonyl (C=O) groups is 2. The van der Waals surface area contributed by atoms with Crippen molar-refractivity contribution in [1.82, 2.24) is 10.2 Å². The van der Waals surface area contributed by atoms with Gasteiger partial charge >= 0.3 is 6.03 Å². The predicted octanol–water partition coefficient (Wildman–Crippen LogP) is 4.62. The number of benzene rings is 1. The average molecular weight is 383 g/mol. The first-order valence-electron chi connectivity index (χ1n) is 8.49. The summed E-state index contributed by atoms with van der Waals surface area (Å²) in [6.07, 6.45) is 6.58. The van der Waals surface area contributed by atoms with Gasteiger partial charge < -0.3 is 10.1 Å². The predicted molar refractivity (Wildman–Crippen MR) is 97.9 cm³/mol. The van der Waals surface area contributed by atoms with Crippen molar-refractivity contribution in [3.63, 3.8) is 0 Å². The Bertz CT molecular complexity index is 704. The first-order chi connectivity index (χ1) is 12.0. The second kappa shape index (κ2) is 7.67. The fraction of sp³-hybridized carbons (Fsp3) is 0.444. The van der Waals surface area contributed by atoms with Crippen LogP contribution in [-0.4, -0.2) is 29.5 Å². The van der Waals surface area contributed by atoms with E-state index in [9.17, 15) is 9.59 Å². The largest absolute Gasteiger partial charge is 0.491 e. The number of hydrogen-bond acceptors (Lipinski definition) is 3. The van der Waals surface area contributed by atoms with Gasteiger partial charge in [0.2, 0.25) is 0 Å². The summed E-state index contributed by atoms with van der Waals surface area (Å²) >= 11 is 12.4. The molecule has 1 N–H and O–H groups in total. The third kappa shape index (κ3) is 3.77. The van der Waals surface area contributed by atoms with Crippen LogP contribution in [0.5, 0.6) is 5.75 Å². The number of hydrogen-bond donors (Lipinski definition) is 1. The first-order valence-corrected chi connectivity index (χ1v) is 9.25. The van der Waals surface area contributed by atoms with E-state index < -0.39 is 0 Å². The molecule has 134 valence electrons. The van der Waals surface area contributed by atoms with Gasteiger partial charge in [0.1, 0.15) is 5.70 Å². The molecule has 3 amide bonds. The van der Waals surface area contributed by atoms with E-state index in [1.165, 1.54) is 4.90 Å². The summed E-state index contributed by atoms with van der Waals surface area (Å²) in [6, 6.07) is 2.95. The molecule has 25 heavy (non-hydrogen) atoms. The van der Waals surface area contributed by atoms with Gasteiger partial charge in [-0.1, -0.05) is 42.5 Å². The van der Waals surface area contributed by atoms with Crippen molar-refractivity contribution in [1.29, 1.82) is 0 Å². The van der Waals surface area contributed by atoms with Gasteiger partial charge in [-0.2, -0.15) is 0 Å². The summed E-state index contributed by atoms with van der Waals surface area (Å²) in [5.74, 6) is 0.122. The third-order valence-corrected chi connectivity index (χ3v) is 5.03. The number of halogens is 2. The van der Waals surface area contributed by atoms with Crippen LogP contribution in [0.15, 0.2) is 17.8 Å². The molecule has 1 aliphatic heterocycles. The topological polar surface area (TPSA) is 58.6 Å². The van der Waals surface area contributed by atoms with E-state index in [2.05, 4.69) is 5.32 Å². The number of rotatable bonds is 4. The van der Waals surface area contributed by atoms with Crippen LogP contribution in [0.2, 0.25) is 10.0 Å². The molecule has 1 aliphatic carbocycles. The van der Waals surface area contributed by atoms with E-state index in [0.29, 0.717) is 28.0 Å². The second-order valence-electron chi connectivity index (χ2n) is 6.20. The summed E-state index contributed by atoms with van der Waals surface area (Å²) in [5, 5.41) is 3.39. The molecule has 1 aromatic carbocycles. The lowest BCUT2D eigenvalue weighted by Gasteiger charge is -2.28. The van der Waals surface area contributed by atoms with Crippen LogP contribution in [0, 0.1) is 0 Å². The zero-order valence-corrected chi connectivity index (χ0v) is 15.5. The summed E-state index contributed by atoms with van der Waals surface area (Å²) in [7, 11) is 0. The molecule has 5 nitrogen and oxygen atoms in total. The Kier molecular flexibility index (Phi) is 5.54. The maximum absolute atomic E-state index is 12.6. The SMILES string of the molecule is CCOc1c(Cl)cc(/C=C2\NC(=O)N(C3CCCCC3)C2=O)cc1Cl. The molecular formula is C18H20Cl2N2O3. The van der Waals surface area contributed by atoms with Gasteiger partial charge in [-0.25, -0.2) is 4.79 Å². The van der Waals surface area contributed by atoms with E-state index in [1.54, 1.807) is 18.2 Å². The van der Waals surface area contributed by atoms with E-state index in [1.807, 2.05) is 6.92 Å². The Morgan fingerprint density at radius 3 is 2.44 bits per heavy atom. The monoisotopic (exact) mass is 382 g/mol. The number of ether oxygens (including phenoxy) is 1. The molecule has 0 unspecified atom stereocenters. The lowest BCUT2D eigenvalue weighted by Crippen LogP contribution is -2.41. The van der Waals surface area contributed by atoms with Gasteiger partial charge in [0, 0.05) is 6.04 Å². The van der Waals surface area contributed by atoms with Crippen molar-refractivity contribution in [2.24, 2.45) is 0 Å². The smallest absolute Gasteiger partial charge is 0.329 e. The Balaban J connectivity index is 1.84. The van der Waals surface area contributed by atoms with E-state index in [4.69, 9.17) is 27.9 Å². The molecule has 7 heteroatoms. The standard InChI is InChI=1S/C18H20Cl2N2O3/c1-2-25-16-13(19)8-11(9-14(16)20)10-15-17(23)22(18(24)21-15)12-6-4-3-5-7-12/h8-10,12H,2-7H2,1H3,(H,21,24)/b15-10-. The van der Waals surface area contributed by atoms with Gasteiger partial charge in [0.05, 0.1) is 16.7 Å². The minimum Gasteiger partial charge on any atom is -0.491 e. The Hall–Kier alpha value is -1.72. The van der Waals surface area contributed by atoms with Crippen molar-refractivity contribution in [2.45, 2.75) is 45.1 Å². The molecule has 1 heterocycles. The molecule has 0 bridgehead atoms. The Morgan fingerprint density at radius 1 is 1.20 bits per heavy atom. The van der Waals surface area contributed by atoms with Crippen LogP contribution < -0.4 is 10.1 Å². The van der Waals surface area contributed by atoms with Gasteiger partial charge in [0.15, 0.2) is 5.75 Å². The summed E-state index contributed by atoms with van der Waals surface area (Å²) in [4.78, 5) is 26.2. The maximum Gasteiger partial charge on any atom is 0.329 e. The van der Waals surface area contributed by atoms with E-state index >= 15 is 0 Å². The highest BCUT2D eigenvalue weighted by atomic mass is 35.5. The second-order valence-corrected chi connectivity index (χ2v) is 7.02. The summed E-state index contributed by atoms with van der Waals surface area (Å²) in [5.41, 5.74) is 0.875. The number of nitrogens with zero attached hydrogens (tertiary/aromatic N) is 1. The molecule has 2 aliphatic rings. The van der Waals surface area contributed by atoms with Crippen molar-refractivity contribution < 1.29 is 14.3 Å². The molecule has 1 saturated heterocycles. The minimum absolute atomic E-state index is 0.0142. The van der Waals surface area contributed by atoms with Crippen LogP contribution in [0.3, 0.4) is 0 Å². The normalized spacial score (nSPS) is 20.3. The summed E-state index contributed by atoms with van der Waals surface area (Å²) < 4.78 is 5.40. The third-order valence-electron chi connectivity index (χ3n) is 4.47. The van der Waals surface area contributed by atoms with E-state index in [-0.39, 0.29) is 23.7 Å². The molecule has 0 aromatic heterocycles. The van der Waals surface area contributed by atoms with Crippen molar-refractivity contribution in [3.8, 4) is 5.75 Å². The van der Waals surface area contributed by atoms with Gasteiger partial charge in [-0.15, -0.1) is 0 Å². The quantitative estimate of drug-likeness (QED) is 0.610. The highest BCUT2D eigenvalue weighted by Crippen LogP contribution is 2.35. The van der Waals surface area contributed by atoms with Crippen LogP contribution in [0.25, 0.3) is 6.08 Å². The number of nitrogens with one attached hydrogen (secondary N) is 1. The fourth-order valence-corrected chi connectivity index (χ4v) is 3.94. The van der Waals surface area contributed by atoms with Crippen molar-refractivity contribution >= 4 is 41.2 Å². The molecule has 0 radical (unpaired) electrons. The minimum atomic E-state index is -0.355. The maximum atomic E-state index is 12.6. The van der Waals surface area contributed by atoms with E-state index in [0.717, 1.165) is 32.1 Å². The number of carbonyl (C=O) groups excluding carboxylic acids is 2. The van der Waals surface area contributed by atoms with Gasteiger partial charge in [0.25, 0.3) is 5.91 Å². The Morgan fingerprint density at radius 2 is 1.84 bits per heavy atom. The zero-order chi connectivity index (χ0) is 18.0. The first kappa shape index (κ1) is 18.1. The average Bonchev–Trinajstić information content (AvgIpc) is 2.85. The van der Waals surface area contributed by atoms with Crippen LogP contribution in [-0.2, 0) is 4.79 Å². The molecule has 0 atom stereocenters. The fourth-order valence-electron chi connectivity index (χ4n) is 3.33. The molecular weight excluding hydrogens is 363 g/mol. The van der Waals surface area contributed by atoms with Gasteiger partial charge in [-0.3, -0.25) is 9.69 Å². The zero-order valence-electron chi connectivity index (χ0n) is 14.0. The van der Waals surface area contributed by atoms with Crippen molar-refractivity contribution in [2.75, 3.05) is 6.61 Å². The number of amides is 3. The van der Waals surface area contributed by atoms with Crippen LogP contribution in [0.1, 0.15) is 44.6 Å². The van der Waals surface area contributed by atoms with Crippen molar-refractivity contribution in [3.05, 3.63) is 33.4 Å². The highest BCUT2D eigenvalue weighted by molar-refractivity contribution is 6.37. The highest BCUT2D eigenvalue weighted by Gasteiger charge is 2.38. The molecule has 2 fully saturated rings. The Labute approximate surface area is 156 Å². The molecule has 3 rings (SSSR count).